The third kappa shape index (κ3) is 3.64. The van der Waals surface area contributed by atoms with Gasteiger partial charge in [-0.1, -0.05) is 42.5 Å². The second-order valence-corrected chi connectivity index (χ2v) is 6.73. The van der Waals surface area contributed by atoms with Crippen LogP contribution in [0.3, 0.4) is 0 Å². The van der Waals surface area contributed by atoms with E-state index in [1.165, 1.54) is 24.3 Å². The van der Waals surface area contributed by atoms with E-state index in [4.69, 9.17) is 4.98 Å². The van der Waals surface area contributed by atoms with Crippen LogP contribution in [0.4, 0.5) is 4.39 Å². The third-order valence-electron chi connectivity index (χ3n) is 4.71. The lowest BCUT2D eigenvalue weighted by molar-refractivity contribution is 0.0937. The molecule has 1 N–H and O–H groups in total. The van der Waals surface area contributed by atoms with E-state index in [1.807, 2.05) is 49.4 Å². The van der Waals surface area contributed by atoms with Crippen molar-refractivity contribution in [2.75, 3.05) is 0 Å². The van der Waals surface area contributed by atoms with Gasteiger partial charge in [0.25, 0.3) is 5.91 Å². The van der Waals surface area contributed by atoms with Crippen LogP contribution in [0, 0.1) is 5.82 Å². The largest absolute Gasteiger partial charge is 0.342 e. The van der Waals surface area contributed by atoms with Crippen LogP contribution in [0.5, 0.6) is 0 Å². The molecule has 0 radical (unpaired) electrons. The topological polar surface area (TPSA) is 46.9 Å². The lowest BCUT2D eigenvalue weighted by Gasteiger charge is -2.16. The fourth-order valence-electron chi connectivity index (χ4n) is 3.30. The minimum Gasteiger partial charge on any atom is -0.342 e. The highest BCUT2D eigenvalue weighted by atomic mass is 19.1. The van der Waals surface area contributed by atoms with Gasteiger partial charge in [0.05, 0.1) is 17.1 Å². The number of nitrogens with one attached hydrogen (secondary N) is 1. The van der Waals surface area contributed by atoms with Gasteiger partial charge in [-0.05, 0) is 48.9 Å². The van der Waals surface area contributed by atoms with E-state index in [0.717, 1.165) is 22.4 Å². The summed E-state index contributed by atoms with van der Waals surface area (Å²) in [6.07, 6.45) is 0. The number of rotatable bonds is 5. The molecule has 0 aliphatic carbocycles. The summed E-state index contributed by atoms with van der Waals surface area (Å²) in [7, 11) is 0. The maximum atomic E-state index is 13.1. The first kappa shape index (κ1) is 17.9. The van der Waals surface area contributed by atoms with Crippen LogP contribution < -0.4 is 5.32 Å². The predicted molar refractivity (Wildman–Crippen MR) is 108 cm³/mol. The molecule has 4 nitrogen and oxygen atoms in total. The summed E-state index contributed by atoms with van der Waals surface area (Å²) in [5, 5.41) is 2.97. The number of para-hydroxylation sites is 2. The Morgan fingerprint density at radius 3 is 2.43 bits per heavy atom. The summed E-state index contributed by atoms with van der Waals surface area (Å²) in [4.78, 5) is 17.3. The Bertz CT molecular complexity index is 1100. The normalized spacial score (nSPS) is 12.1. The van der Waals surface area contributed by atoms with Crippen LogP contribution in [-0.4, -0.2) is 15.5 Å². The van der Waals surface area contributed by atoms with Gasteiger partial charge >= 0.3 is 0 Å². The van der Waals surface area contributed by atoms with E-state index in [-0.39, 0.29) is 17.8 Å². The number of benzene rings is 3. The molecule has 28 heavy (non-hydrogen) atoms. The van der Waals surface area contributed by atoms with Crippen LogP contribution in [0.1, 0.15) is 34.7 Å². The van der Waals surface area contributed by atoms with Gasteiger partial charge in [-0.15, -0.1) is 0 Å². The molecule has 140 valence electrons. The van der Waals surface area contributed by atoms with E-state index >= 15 is 0 Å². The van der Waals surface area contributed by atoms with Gasteiger partial charge in [-0.2, -0.15) is 0 Å². The van der Waals surface area contributed by atoms with Crippen molar-refractivity contribution in [2.45, 2.75) is 19.5 Å². The maximum absolute atomic E-state index is 13.1. The number of imidazole rings is 1. The Balaban J connectivity index is 1.66. The summed E-state index contributed by atoms with van der Waals surface area (Å²) in [5.74, 6) is 0.153. The van der Waals surface area contributed by atoms with Crippen LogP contribution in [0.2, 0.25) is 0 Å². The standard InChI is InChI=1S/C23H20FN3O/c1-16(25-23(28)18-11-13-19(24)14-12-18)22-26-20-9-5-6-10-21(20)27(22)15-17-7-3-2-4-8-17/h2-14,16H,15H2,1H3,(H,25,28)/t16-/m1/s1. The fraction of sp³-hybridized carbons (Fsp3) is 0.130. The molecule has 5 heteroatoms. The number of hydrogen-bond acceptors (Lipinski definition) is 2. The van der Waals surface area contributed by atoms with Gasteiger partial charge in [0.1, 0.15) is 11.6 Å². The van der Waals surface area contributed by atoms with Crippen molar-refractivity contribution in [2.24, 2.45) is 0 Å². The Kier molecular flexibility index (Phi) is 4.89. The second-order valence-electron chi connectivity index (χ2n) is 6.73. The Morgan fingerprint density at radius 1 is 1.00 bits per heavy atom. The van der Waals surface area contributed by atoms with E-state index < -0.39 is 0 Å². The number of fused-ring (bicyclic) bond motifs is 1. The smallest absolute Gasteiger partial charge is 0.251 e. The molecule has 0 saturated carbocycles. The molecule has 4 rings (SSSR count). The molecule has 0 saturated heterocycles. The van der Waals surface area contributed by atoms with Crippen molar-refractivity contribution >= 4 is 16.9 Å². The summed E-state index contributed by atoms with van der Waals surface area (Å²) in [6, 6.07) is 23.3. The highest BCUT2D eigenvalue weighted by Crippen LogP contribution is 2.22. The van der Waals surface area contributed by atoms with Crippen molar-refractivity contribution in [3.63, 3.8) is 0 Å². The molecule has 0 unspecified atom stereocenters. The molecular weight excluding hydrogens is 353 g/mol. The molecule has 0 bridgehead atoms. The first-order chi connectivity index (χ1) is 13.6. The second kappa shape index (κ2) is 7.64. The Morgan fingerprint density at radius 2 is 1.68 bits per heavy atom. The van der Waals surface area contributed by atoms with E-state index in [0.29, 0.717) is 12.1 Å². The molecular formula is C23H20FN3O. The number of aromatic nitrogens is 2. The number of amides is 1. The minimum atomic E-state index is -0.366. The third-order valence-corrected chi connectivity index (χ3v) is 4.71. The molecule has 1 atom stereocenters. The lowest BCUT2D eigenvalue weighted by atomic mass is 10.2. The predicted octanol–water partition coefficient (Wildman–Crippen LogP) is 4.71. The SMILES string of the molecule is C[C@@H](NC(=O)c1ccc(F)cc1)c1nc2ccccc2n1Cc1ccccc1. The first-order valence-corrected chi connectivity index (χ1v) is 9.17. The number of nitrogens with zero attached hydrogens (tertiary/aromatic N) is 2. The van der Waals surface area contributed by atoms with Crippen LogP contribution >= 0.6 is 0 Å². The van der Waals surface area contributed by atoms with Gasteiger partial charge in [-0.25, -0.2) is 9.37 Å². The number of halogens is 1. The van der Waals surface area contributed by atoms with Crippen LogP contribution in [-0.2, 0) is 6.54 Å². The summed E-state index contributed by atoms with van der Waals surface area (Å²) in [6.45, 7) is 2.57. The van der Waals surface area contributed by atoms with Gasteiger partial charge in [-0.3, -0.25) is 4.79 Å². The van der Waals surface area contributed by atoms with Crippen molar-refractivity contribution in [1.82, 2.24) is 14.9 Å². The van der Waals surface area contributed by atoms with Gasteiger partial charge < -0.3 is 9.88 Å². The molecule has 0 fully saturated rings. The zero-order valence-corrected chi connectivity index (χ0v) is 15.5. The van der Waals surface area contributed by atoms with Crippen LogP contribution in [0.25, 0.3) is 11.0 Å². The summed E-state index contributed by atoms with van der Waals surface area (Å²) < 4.78 is 15.2. The molecule has 1 aromatic heterocycles. The average Bonchev–Trinajstić information content (AvgIpc) is 3.08. The fourth-order valence-corrected chi connectivity index (χ4v) is 3.30. The Labute approximate surface area is 162 Å². The van der Waals surface area contributed by atoms with Crippen LogP contribution in [0.15, 0.2) is 78.9 Å². The van der Waals surface area contributed by atoms with Gasteiger partial charge in [0.2, 0.25) is 0 Å². The zero-order valence-electron chi connectivity index (χ0n) is 15.5. The van der Waals surface area contributed by atoms with Crippen molar-refractivity contribution in [3.05, 3.63) is 102 Å². The molecule has 3 aromatic carbocycles. The molecule has 4 aromatic rings. The maximum Gasteiger partial charge on any atom is 0.251 e. The highest BCUT2D eigenvalue weighted by Gasteiger charge is 2.19. The molecule has 0 spiro atoms. The van der Waals surface area contributed by atoms with E-state index in [9.17, 15) is 9.18 Å². The average molecular weight is 373 g/mol. The lowest BCUT2D eigenvalue weighted by Crippen LogP contribution is -2.28. The molecule has 0 aliphatic rings. The zero-order chi connectivity index (χ0) is 19.5. The van der Waals surface area contributed by atoms with Crippen molar-refractivity contribution < 1.29 is 9.18 Å². The van der Waals surface area contributed by atoms with Gasteiger partial charge in [0.15, 0.2) is 0 Å². The van der Waals surface area contributed by atoms with E-state index in [1.54, 1.807) is 0 Å². The summed E-state index contributed by atoms with van der Waals surface area (Å²) in [5.41, 5.74) is 3.48. The number of carbonyl (C=O) groups excluding carboxylic acids is 1. The molecule has 0 aliphatic heterocycles. The van der Waals surface area contributed by atoms with Crippen molar-refractivity contribution in [1.29, 1.82) is 0 Å². The highest BCUT2D eigenvalue weighted by molar-refractivity contribution is 5.94. The van der Waals surface area contributed by atoms with E-state index in [2.05, 4.69) is 22.0 Å². The quantitative estimate of drug-likeness (QED) is 0.550. The molecule has 1 amide bonds. The monoisotopic (exact) mass is 373 g/mol. The Hall–Kier alpha value is -3.47. The number of carbonyl (C=O) groups is 1. The first-order valence-electron chi connectivity index (χ1n) is 9.17. The minimum absolute atomic E-state index is 0.259. The van der Waals surface area contributed by atoms with Gasteiger partial charge in [0, 0.05) is 12.1 Å². The number of hydrogen-bond donors (Lipinski definition) is 1. The van der Waals surface area contributed by atoms with Crippen molar-refractivity contribution in [3.8, 4) is 0 Å². The molecule has 1 heterocycles. The summed E-state index contributed by atoms with van der Waals surface area (Å²) >= 11 is 0.